The van der Waals surface area contributed by atoms with Crippen LogP contribution in [-0.4, -0.2) is 55.4 Å². The van der Waals surface area contributed by atoms with Crippen LogP contribution in [0, 0.1) is 0 Å². The molecule has 1 aliphatic rings. The lowest BCUT2D eigenvalue weighted by Crippen LogP contribution is -2.35. The van der Waals surface area contributed by atoms with Gasteiger partial charge in [-0.3, -0.25) is 0 Å². The summed E-state index contributed by atoms with van der Waals surface area (Å²) >= 11 is 1.77. The second-order valence-electron chi connectivity index (χ2n) is 3.93. The lowest BCUT2D eigenvalue weighted by molar-refractivity contribution is -0.0247. The van der Waals surface area contributed by atoms with E-state index in [0.717, 1.165) is 11.5 Å². The molecule has 0 spiro atoms. The number of aliphatic hydroxyl groups excluding tert-OH is 1. The molecule has 1 saturated heterocycles. The third-order valence-electron chi connectivity index (χ3n) is 2.67. The van der Waals surface area contributed by atoms with Crippen molar-refractivity contribution in [1.29, 1.82) is 0 Å². The molecule has 0 aliphatic carbocycles. The van der Waals surface area contributed by atoms with Crippen LogP contribution in [0.3, 0.4) is 0 Å². The van der Waals surface area contributed by atoms with Crippen LogP contribution in [0.5, 0.6) is 0 Å². The van der Waals surface area contributed by atoms with Crippen LogP contribution in [0.4, 0.5) is 0 Å². The van der Waals surface area contributed by atoms with Gasteiger partial charge in [0.15, 0.2) is 0 Å². The first kappa shape index (κ1) is 14.3. The first-order valence-electron chi connectivity index (χ1n) is 5.63. The molecule has 1 heterocycles. The van der Waals surface area contributed by atoms with Gasteiger partial charge in [-0.1, -0.05) is 6.92 Å². The Morgan fingerprint density at radius 1 is 1.56 bits per heavy atom. The number of sulfone groups is 1. The molecule has 1 rings (SSSR count). The second kappa shape index (κ2) is 6.83. The van der Waals surface area contributed by atoms with Crippen LogP contribution in [-0.2, 0) is 14.6 Å². The molecule has 4 nitrogen and oxygen atoms in total. The van der Waals surface area contributed by atoms with Gasteiger partial charge in [-0.2, -0.15) is 11.8 Å². The molecule has 0 aromatic carbocycles. The summed E-state index contributed by atoms with van der Waals surface area (Å²) in [6, 6.07) is 0. The minimum absolute atomic E-state index is 0.122. The van der Waals surface area contributed by atoms with E-state index in [0.29, 0.717) is 19.4 Å². The Hall–Kier alpha value is 0.220. The highest BCUT2D eigenvalue weighted by atomic mass is 32.2. The summed E-state index contributed by atoms with van der Waals surface area (Å²) in [4.78, 5) is 0. The van der Waals surface area contributed by atoms with Gasteiger partial charge in [-0.05, 0) is 12.8 Å². The van der Waals surface area contributed by atoms with E-state index >= 15 is 0 Å². The van der Waals surface area contributed by atoms with Gasteiger partial charge in [0.2, 0.25) is 0 Å². The summed E-state index contributed by atoms with van der Waals surface area (Å²) in [6.45, 7) is 2.33. The van der Waals surface area contributed by atoms with E-state index in [1.54, 1.807) is 18.7 Å². The Labute approximate surface area is 102 Å². The molecule has 6 heteroatoms. The van der Waals surface area contributed by atoms with Crippen molar-refractivity contribution in [3.63, 3.8) is 0 Å². The molecule has 1 N–H and O–H groups in total. The molecular weight excluding hydrogens is 248 g/mol. The largest absolute Gasteiger partial charge is 0.390 e. The van der Waals surface area contributed by atoms with Crippen LogP contribution in [0.2, 0.25) is 0 Å². The fourth-order valence-corrected chi connectivity index (χ4v) is 3.40. The minimum Gasteiger partial charge on any atom is -0.390 e. The molecule has 2 atom stereocenters. The number of aliphatic hydroxyl groups is 1. The average molecular weight is 268 g/mol. The average Bonchev–Trinajstić information content (AvgIpc) is 2.30. The first-order valence-corrected chi connectivity index (χ1v) is 8.60. The zero-order chi connectivity index (χ0) is 12.0. The Kier molecular flexibility index (Phi) is 6.10. The van der Waals surface area contributed by atoms with Crippen molar-refractivity contribution in [2.24, 2.45) is 0 Å². The lowest BCUT2D eigenvalue weighted by atomic mass is 10.1. The van der Waals surface area contributed by atoms with Crippen molar-refractivity contribution in [3.8, 4) is 0 Å². The van der Waals surface area contributed by atoms with Crippen molar-refractivity contribution in [3.05, 3.63) is 0 Å². The molecule has 16 heavy (non-hydrogen) atoms. The molecule has 0 aromatic heterocycles. The zero-order valence-electron chi connectivity index (χ0n) is 9.59. The summed E-state index contributed by atoms with van der Waals surface area (Å²) in [5.41, 5.74) is 0. The number of ether oxygens (including phenoxy) is 1. The van der Waals surface area contributed by atoms with Crippen LogP contribution >= 0.6 is 11.8 Å². The highest BCUT2D eigenvalue weighted by Crippen LogP contribution is 2.18. The number of hydrogen-bond acceptors (Lipinski definition) is 5. The SMILES string of the molecule is CCS(=O)(=O)CCCC(O)C1CSCCO1. The highest BCUT2D eigenvalue weighted by molar-refractivity contribution is 7.99. The topological polar surface area (TPSA) is 63.6 Å². The molecule has 0 bridgehead atoms. The molecule has 0 amide bonds. The molecular formula is C10H20O4S2. The predicted octanol–water partition coefficient (Wildman–Crippen LogP) is 0.694. The summed E-state index contributed by atoms with van der Waals surface area (Å²) in [5, 5.41) is 9.81. The number of rotatable bonds is 6. The van der Waals surface area contributed by atoms with Crippen molar-refractivity contribution >= 4 is 21.6 Å². The van der Waals surface area contributed by atoms with E-state index in [1.807, 2.05) is 0 Å². The predicted molar refractivity (Wildman–Crippen MR) is 66.6 cm³/mol. The Morgan fingerprint density at radius 2 is 2.31 bits per heavy atom. The summed E-state index contributed by atoms with van der Waals surface area (Å²) < 4.78 is 27.9. The summed E-state index contributed by atoms with van der Waals surface area (Å²) in [7, 11) is -2.90. The third-order valence-corrected chi connectivity index (χ3v) is 5.48. The second-order valence-corrected chi connectivity index (χ2v) is 7.55. The molecule has 96 valence electrons. The standard InChI is InChI=1S/C10H20O4S2/c1-2-16(12,13)7-3-4-9(11)10-8-15-6-5-14-10/h9-11H,2-8H2,1H3. The van der Waals surface area contributed by atoms with E-state index < -0.39 is 15.9 Å². The smallest absolute Gasteiger partial charge is 0.150 e. The van der Waals surface area contributed by atoms with Gasteiger partial charge in [0.25, 0.3) is 0 Å². The summed E-state index contributed by atoms with van der Waals surface area (Å²) in [5.74, 6) is 2.13. The van der Waals surface area contributed by atoms with Crippen molar-refractivity contribution < 1.29 is 18.3 Å². The zero-order valence-corrected chi connectivity index (χ0v) is 11.2. The van der Waals surface area contributed by atoms with Gasteiger partial charge in [0.05, 0.1) is 24.6 Å². The van der Waals surface area contributed by atoms with Crippen molar-refractivity contribution in [2.45, 2.75) is 32.0 Å². The monoisotopic (exact) mass is 268 g/mol. The molecule has 0 radical (unpaired) electrons. The van der Waals surface area contributed by atoms with Gasteiger partial charge < -0.3 is 9.84 Å². The van der Waals surface area contributed by atoms with Crippen LogP contribution in [0.1, 0.15) is 19.8 Å². The van der Waals surface area contributed by atoms with Crippen molar-refractivity contribution in [1.82, 2.24) is 0 Å². The fraction of sp³-hybridized carbons (Fsp3) is 1.00. The van der Waals surface area contributed by atoms with Gasteiger partial charge in [-0.25, -0.2) is 8.42 Å². The number of thioether (sulfide) groups is 1. The normalized spacial score (nSPS) is 24.2. The molecule has 1 aliphatic heterocycles. The van der Waals surface area contributed by atoms with E-state index in [1.165, 1.54) is 0 Å². The van der Waals surface area contributed by atoms with Crippen LogP contribution in [0.15, 0.2) is 0 Å². The van der Waals surface area contributed by atoms with E-state index in [9.17, 15) is 13.5 Å². The molecule has 0 aromatic rings. The van der Waals surface area contributed by atoms with Gasteiger partial charge in [0, 0.05) is 17.3 Å². The Bertz CT molecular complexity index is 283. The Morgan fingerprint density at radius 3 is 2.88 bits per heavy atom. The maximum absolute atomic E-state index is 11.2. The van der Waals surface area contributed by atoms with Gasteiger partial charge >= 0.3 is 0 Å². The third kappa shape index (κ3) is 5.03. The van der Waals surface area contributed by atoms with Gasteiger partial charge in [0.1, 0.15) is 9.84 Å². The van der Waals surface area contributed by atoms with Crippen LogP contribution in [0.25, 0.3) is 0 Å². The van der Waals surface area contributed by atoms with E-state index in [2.05, 4.69) is 0 Å². The maximum atomic E-state index is 11.2. The number of hydrogen-bond donors (Lipinski definition) is 1. The molecule has 2 unspecified atom stereocenters. The van der Waals surface area contributed by atoms with Crippen molar-refractivity contribution in [2.75, 3.05) is 29.6 Å². The first-order chi connectivity index (χ1) is 7.55. The Balaban J connectivity index is 2.21. The van der Waals surface area contributed by atoms with E-state index in [4.69, 9.17) is 4.74 Å². The minimum atomic E-state index is -2.90. The quantitative estimate of drug-likeness (QED) is 0.768. The fourth-order valence-electron chi connectivity index (χ4n) is 1.57. The van der Waals surface area contributed by atoms with Gasteiger partial charge in [-0.15, -0.1) is 0 Å². The molecule has 0 saturated carbocycles. The molecule has 1 fully saturated rings. The van der Waals surface area contributed by atoms with E-state index in [-0.39, 0.29) is 17.6 Å². The highest BCUT2D eigenvalue weighted by Gasteiger charge is 2.22. The summed E-state index contributed by atoms with van der Waals surface area (Å²) in [6.07, 6.45) is 0.370. The van der Waals surface area contributed by atoms with Crippen LogP contribution < -0.4 is 0 Å². The maximum Gasteiger partial charge on any atom is 0.150 e. The lowest BCUT2D eigenvalue weighted by Gasteiger charge is -2.26.